The van der Waals surface area contributed by atoms with Gasteiger partial charge in [-0.15, -0.1) is 0 Å². The van der Waals surface area contributed by atoms with Gasteiger partial charge in [0.05, 0.1) is 5.69 Å². The molecule has 3 nitrogen and oxygen atoms in total. The molecule has 1 aliphatic heterocycles. The van der Waals surface area contributed by atoms with Gasteiger partial charge in [0.15, 0.2) is 6.10 Å². The third kappa shape index (κ3) is 2.72. The summed E-state index contributed by atoms with van der Waals surface area (Å²) in [6.07, 6.45) is 1.78. The second-order valence-corrected chi connectivity index (χ2v) is 5.19. The molecule has 4 heteroatoms. The first-order chi connectivity index (χ1) is 9.22. The number of rotatable bonds is 1. The average molecular weight is 275 g/mol. The van der Waals surface area contributed by atoms with Crippen LogP contribution in [-0.4, -0.2) is 11.5 Å². The highest BCUT2D eigenvalue weighted by Gasteiger charge is 2.20. The maximum atomic E-state index is 6.05. The van der Waals surface area contributed by atoms with E-state index in [2.05, 4.69) is 16.4 Å². The van der Waals surface area contributed by atoms with Crippen LogP contribution in [0.15, 0.2) is 36.5 Å². The first-order valence-electron chi connectivity index (χ1n) is 6.31. The number of hydrogen-bond donors (Lipinski definition) is 1. The Morgan fingerprint density at radius 2 is 2.21 bits per heavy atom. The molecular weight excluding hydrogens is 260 g/mol. The van der Waals surface area contributed by atoms with Gasteiger partial charge in [-0.05, 0) is 30.7 Å². The monoisotopic (exact) mass is 274 g/mol. The zero-order valence-electron chi connectivity index (χ0n) is 10.7. The van der Waals surface area contributed by atoms with Gasteiger partial charge < -0.3 is 10.1 Å². The van der Waals surface area contributed by atoms with Crippen LogP contribution in [0, 0.1) is 6.92 Å². The van der Waals surface area contributed by atoms with Gasteiger partial charge in [-0.3, -0.25) is 4.98 Å². The summed E-state index contributed by atoms with van der Waals surface area (Å²) in [7, 11) is 0. The fourth-order valence-electron chi connectivity index (χ4n) is 2.15. The lowest BCUT2D eigenvalue weighted by molar-refractivity contribution is 0.206. The fraction of sp³-hybridized carbons (Fsp3) is 0.267. The first kappa shape index (κ1) is 12.5. The van der Waals surface area contributed by atoms with Crippen LogP contribution >= 0.6 is 11.6 Å². The molecule has 0 fully saturated rings. The summed E-state index contributed by atoms with van der Waals surface area (Å²) in [6, 6.07) is 9.81. The summed E-state index contributed by atoms with van der Waals surface area (Å²) >= 11 is 6.03. The van der Waals surface area contributed by atoms with Crippen LogP contribution in [0.4, 0.5) is 0 Å². The largest absolute Gasteiger partial charge is 0.482 e. The highest BCUT2D eigenvalue weighted by Crippen LogP contribution is 2.29. The van der Waals surface area contributed by atoms with Crippen LogP contribution in [0.1, 0.15) is 22.9 Å². The highest BCUT2D eigenvalue weighted by molar-refractivity contribution is 6.30. The van der Waals surface area contributed by atoms with Crippen LogP contribution < -0.4 is 10.1 Å². The molecule has 0 spiro atoms. The predicted molar refractivity (Wildman–Crippen MR) is 75.5 cm³/mol. The molecule has 1 atom stereocenters. The molecule has 1 N–H and O–H groups in total. The summed E-state index contributed by atoms with van der Waals surface area (Å²) in [5, 5.41) is 4.07. The number of nitrogens with zero attached hydrogens (tertiary/aromatic N) is 1. The molecule has 0 amide bonds. The van der Waals surface area contributed by atoms with Crippen molar-refractivity contribution >= 4 is 11.6 Å². The Morgan fingerprint density at radius 3 is 3.00 bits per heavy atom. The highest BCUT2D eigenvalue weighted by atomic mass is 35.5. The van der Waals surface area contributed by atoms with Crippen LogP contribution in [-0.2, 0) is 6.54 Å². The summed E-state index contributed by atoms with van der Waals surface area (Å²) in [4.78, 5) is 4.44. The quantitative estimate of drug-likeness (QED) is 0.867. The zero-order valence-corrected chi connectivity index (χ0v) is 11.4. The molecular formula is C15H15ClN2O. The SMILES string of the molecule is Cc1ccc(C2CNCc3ccc(Cl)cc3O2)nc1. The molecule has 0 saturated carbocycles. The van der Waals surface area contributed by atoms with Crippen LogP contribution in [0.25, 0.3) is 0 Å². The van der Waals surface area contributed by atoms with Gasteiger partial charge >= 0.3 is 0 Å². The number of nitrogens with one attached hydrogen (secondary N) is 1. The van der Waals surface area contributed by atoms with Gasteiger partial charge in [-0.2, -0.15) is 0 Å². The van der Waals surface area contributed by atoms with Crippen molar-refractivity contribution in [3.63, 3.8) is 0 Å². The van der Waals surface area contributed by atoms with Gasteiger partial charge in [-0.25, -0.2) is 0 Å². The van der Waals surface area contributed by atoms with E-state index < -0.39 is 0 Å². The Kier molecular flexibility index (Phi) is 3.40. The van der Waals surface area contributed by atoms with Crippen molar-refractivity contribution < 1.29 is 4.74 Å². The van der Waals surface area contributed by atoms with Crippen molar-refractivity contribution in [1.29, 1.82) is 0 Å². The number of aromatic nitrogens is 1. The molecule has 0 aliphatic carbocycles. The minimum atomic E-state index is -0.0830. The summed E-state index contributed by atoms with van der Waals surface area (Å²) in [6.45, 7) is 3.55. The molecule has 1 unspecified atom stereocenters. The van der Waals surface area contributed by atoms with E-state index in [-0.39, 0.29) is 6.10 Å². The number of benzene rings is 1. The number of ether oxygens (including phenoxy) is 1. The zero-order chi connectivity index (χ0) is 13.2. The van der Waals surface area contributed by atoms with Gasteiger partial charge in [-0.1, -0.05) is 23.7 Å². The van der Waals surface area contributed by atoms with E-state index in [9.17, 15) is 0 Å². The summed E-state index contributed by atoms with van der Waals surface area (Å²) < 4.78 is 6.05. The minimum absolute atomic E-state index is 0.0830. The molecule has 1 aliphatic rings. The van der Waals surface area contributed by atoms with Crippen molar-refractivity contribution in [2.24, 2.45) is 0 Å². The fourth-order valence-corrected chi connectivity index (χ4v) is 2.31. The van der Waals surface area contributed by atoms with Crippen LogP contribution in [0.2, 0.25) is 5.02 Å². The molecule has 0 saturated heterocycles. The smallest absolute Gasteiger partial charge is 0.153 e. The number of pyridine rings is 1. The van der Waals surface area contributed by atoms with Crippen molar-refractivity contribution in [2.75, 3.05) is 6.54 Å². The van der Waals surface area contributed by atoms with Gasteiger partial charge in [0.2, 0.25) is 0 Å². The van der Waals surface area contributed by atoms with E-state index in [1.165, 1.54) is 0 Å². The second-order valence-electron chi connectivity index (χ2n) is 4.75. The molecule has 0 radical (unpaired) electrons. The third-order valence-corrected chi connectivity index (χ3v) is 3.44. The standard InChI is InChI=1S/C15H15ClN2O/c1-10-2-5-13(18-7-10)15-9-17-8-11-3-4-12(16)6-14(11)19-15/h2-7,15,17H,8-9H2,1H3. The lowest BCUT2D eigenvalue weighted by atomic mass is 10.2. The molecule has 1 aromatic heterocycles. The lowest BCUT2D eigenvalue weighted by Gasteiger charge is -2.17. The van der Waals surface area contributed by atoms with Gasteiger partial charge in [0.1, 0.15) is 5.75 Å². The van der Waals surface area contributed by atoms with Crippen LogP contribution in [0.5, 0.6) is 5.75 Å². The average Bonchev–Trinajstić information content (AvgIpc) is 2.61. The van der Waals surface area contributed by atoms with E-state index in [0.717, 1.165) is 35.7 Å². The van der Waals surface area contributed by atoms with Crippen LogP contribution in [0.3, 0.4) is 0 Å². The number of hydrogen-bond acceptors (Lipinski definition) is 3. The molecule has 19 heavy (non-hydrogen) atoms. The Hall–Kier alpha value is -1.58. The van der Waals surface area contributed by atoms with E-state index >= 15 is 0 Å². The molecule has 1 aromatic carbocycles. The first-order valence-corrected chi connectivity index (χ1v) is 6.68. The van der Waals surface area contributed by atoms with Gasteiger partial charge in [0.25, 0.3) is 0 Å². The van der Waals surface area contributed by atoms with Crippen molar-refractivity contribution in [2.45, 2.75) is 19.6 Å². The Bertz CT molecular complexity index is 583. The Labute approximate surface area is 117 Å². The molecule has 3 rings (SSSR count). The van der Waals surface area contributed by atoms with E-state index in [0.29, 0.717) is 5.02 Å². The topological polar surface area (TPSA) is 34.1 Å². The number of halogens is 1. The normalized spacial score (nSPS) is 18.3. The third-order valence-electron chi connectivity index (χ3n) is 3.21. The maximum Gasteiger partial charge on any atom is 0.153 e. The van der Waals surface area contributed by atoms with Crippen molar-refractivity contribution in [3.05, 3.63) is 58.4 Å². The van der Waals surface area contributed by atoms with E-state index in [1.807, 2.05) is 37.4 Å². The molecule has 2 heterocycles. The van der Waals surface area contributed by atoms with Crippen molar-refractivity contribution in [1.82, 2.24) is 10.3 Å². The minimum Gasteiger partial charge on any atom is -0.482 e. The Morgan fingerprint density at radius 1 is 1.32 bits per heavy atom. The van der Waals surface area contributed by atoms with Crippen molar-refractivity contribution in [3.8, 4) is 5.75 Å². The van der Waals surface area contributed by atoms with Gasteiger partial charge in [0, 0.05) is 29.9 Å². The molecule has 98 valence electrons. The molecule has 2 aromatic rings. The Balaban J connectivity index is 1.91. The predicted octanol–water partition coefficient (Wildman–Crippen LogP) is 3.27. The van der Waals surface area contributed by atoms with E-state index in [1.54, 1.807) is 0 Å². The second kappa shape index (κ2) is 5.19. The van der Waals surface area contributed by atoms with E-state index in [4.69, 9.17) is 16.3 Å². The summed E-state index contributed by atoms with van der Waals surface area (Å²) in [5.41, 5.74) is 3.21. The number of fused-ring (bicyclic) bond motifs is 1. The molecule has 0 bridgehead atoms. The maximum absolute atomic E-state index is 6.05. The number of aryl methyl sites for hydroxylation is 1. The summed E-state index contributed by atoms with van der Waals surface area (Å²) in [5.74, 6) is 0.838. The lowest BCUT2D eigenvalue weighted by Crippen LogP contribution is -2.22.